The highest BCUT2D eigenvalue weighted by molar-refractivity contribution is 5.91. The number of likely N-dealkylation sites (tertiary alicyclic amines) is 1. The number of ether oxygens (including phenoxy) is 1. The fourth-order valence-corrected chi connectivity index (χ4v) is 3.60. The van der Waals surface area contributed by atoms with Gasteiger partial charge in [0, 0.05) is 30.5 Å². The van der Waals surface area contributed by atoms with Crippen LogP contribution < -0.4 is 10.5 Å². The van der Waals surface area contributed by atoms with Crippen molar-refractivity contribution in [3.05, 3.63) is 60.6 Å². The van der Waals surface area contributed by atoms with Gasteiger partial charge in [-0.25, -0.2) is 0 Å². The number of nitrogens with zero attached hydrogens (tertiary/aromatic N) is 3. The minimum atomic E-state index is -0.593. The maximum atomic E-state index is 12.8. The third kappa shape index (κ3) is 3.83. The van der Waals surface area contributed by atoms with Crippen molar-refractivity contribution in [3.8, 4) is 5.75 Å². The van der Waals surface area contributed by atoms with Gasteiger partial charge in [-0.2, -0.15) is 0 Å². The van der Waals surface area contributed by atoms with E-state index >= 15 is 0 Å². The summed E-state index contributed by atoms with van der Waals surface area (Å²) in [7, 11) is 0. The van der Waals surface area contributed by atoms with Gasteiger partial charge in [0.2, 0.25) is 5.91 Å². The van der Waals surface area contributed by atoms with Crippen molar-refractivity contribution in [2.45, 2.75) is 25.5 Å². The Hall–Kier alpha value is -3.35. The molecule has 0 radical (unpaired) electrons. The summed E-state index contributed by atoms with van der Waals surface area (Å²) in [6.45, 7) is 1.55. The zero-order valence-electron chi connectivity index (χ0n) is 15.5. The first-order chi connectivity index (χ1) is 13.6. The minimum Gasteiger partial charge on any atom is -0.488 e. The number of pyridine rings is 1. The van der Waals surface area contributed by atoms with Crippen LogP contribution in [0.4, 0.5) is 0 Å². The van der Waals surface area contributed by atoms with Gasteiger partial charge in [0.15, 0.2) is 0 Å². The fraction of sp³-hybridized carbons (Fsp3) is 0.286. The SMILES string of the molecule is NC(=O)c1cc(OC2CCCN(C(=O)Cn3ccc4ccccc43)C2)ccn1. The number of primary amides is 1. The molecule has 1 aromatic carbocycles. The van der Waals surface area contributed by atoms with Gasteiger partial charge in [-0.1, -0.05) is 18.2 Å². The van der Waals surface area contributed by atoms with Crippen molar-refractivity contribution in [3.63, 3.8) is 0 Å². The summed E-state index contributed by atoms with van der Waals surface area (Å²) in [6.07, 6.45) is 5.05. The number of carbonyl (C=O) groups is 2. The third-order valence-electron chi connectivity index (χ3n) is 5.00. The van der Waals surface area contributed by atoms with E-state index in [9.17, 15) is 9.59 Å². The number of fused-ring (bicyclic) bond motifs is 1. The van der Waals surface area contributed by atoms with Gasteiger partial charge in [-0.15, -0.1) is 0 Å². The number of para-hydroxylation sites is 1. The van der Waals surface area contributed by atoms with Crippen molar-refractivity contribution < 1.29 is 14.3 Å². The highest BCUT2D eigenvalue weighted by Gasteiger charge is 2.25. The number of hydrogen-bond donors (Lipinski definition) is 1. The van der Waals surface area contributed by atoms with E-state index in [1.165, 1.54) is 12.3 Å². The Labute approximate surface area is 162 Å². The van der Waals surface area contributed by atoms with E-state index < -0.39 is 5.91 Å². The maximum Gasteiger partial charge on any atom is 0.267 e. The van der Waals surface area contributed by atoms with Gasteiger partial charge in [0.1, 0.15) is 24.1 Å². The lowest BCUT2D eigenvalue weighted by molar-refractivity contribution is -0.134. The molecule has 0 bridgehead atoms. The molecule has 7 heteroatoms. The molecular weight excluding hydrogens is 356 g/mol. The highest BCUT2D eigenvalue weighted by Crippen LogP contribution is 2.20. The number of rotatable bonds is 5. The van der Waals surface area contributed by atoms with Gasteiger partial charge < -0.3 is 19.9 Å². The molecule has 1 aliphatic heterocycles. The van der Waals surface area contributed by atoms with Crippen LogP contribution in [-0.2, 0) is 11.3 Å². The molecule has 4 rings (SSSR count). The summed E-state index contributed by atoms with van der Waals surface area (Å²) < 4.78 is 7.96. The standard InChI is InChI=1S/C21H22N4O3/c22-21(27)18-12-16(7-9-23-18)28-17-5-3-10-25(13-17)20(26)14-24-11-8-15-4-1-2-6-19(15)24/h1-2,4,6-9,11-12,17H,3,5,10,13-14H2,(H2,22,27). The molecule has 3 aromatic rings. The predicted octanol–water partition coefficient (Wildman–Crippen LogP) is 2.21. The average molecular weight is 378 g/mol. The van der Waals surface area contributed by atoms with E-state index in [2.05, 4.69) is 4.98 Å². The molecule has 2 amide bonds. The number of piperidine rings is 1. The normalized spacial score (nSPS) is 16.9. The van der Waals surface area contributed by atoms with Gasteiger partial charge in [0.05, 0.1) is 6.54 Å². The first kappa shape index (κ1) is 18.0. The van der Waals surface area contributed by atoms with Crippen LogP contribution in [0.25, 0.3) is 10.9 Å². The van der Waals surface area contributed by atoms with E-state index in [1.54, 1.807) is 6.07 Å². The lowest BCUT2D eigenvalue weighted by Crippen LogP contribution is -2.45. The van der Waals surface area contributed by atoms with Crippen molar-refractivity contribution >= 4 is 22.7 Å². The summed E-state index contributed by atoms with van der Waals surface area (Å²) in [5.41, 5.74) is 6.49. The topological polar surface area (TPSA) is 90.5 Å². The number of carbonyl (C=O) groups excluding carboxylic acids is 2. The molecule has 1 atom stereocenters. The Bertz CT molecular complexity index is 1010. The van der Waals surface area contributed by atoms with Crippen LogP contribution in [0.1, 0.15) is 23.3 Å². The zero-order valence-corrected chi connectivity index (χ0v) is 15.5. The average Bonchev–Trinajstić information content (AvgIpc) is 3.11. The Kier molecular flexibility index (Phi) is 4.97. The second-order valence-electron chi connectivity index (χ2n) is 6.97. The zero-order chi connectivity index (χ0) is 19.5. The van der Waals surface area contributed by atoms with Crippen molar-refractivity contribution in [2.24, 2.45) is 5.73 Å². The van der Waals surface area contributed by atoms with Gasteiger partial charge in [-0.3, -0.25) is 14.6 Å². The van der Waals surface area contributed by atoms with Crippen molar-refractivity contribution in [1.82, 2.24) is 14.5 Å². The molecule has 2 aromatic heterocycles. The fourth-order valence-electron chi connectivity index (χ4n) is 3.60. The quantitative estimate of drug-likeness (QED) is 0.737. The summed E-state index contributed by atoms with van der Waals surface area (Å²) in [5, 5.41) is 1.12. The number of aromatic nitrogens is 2. The Morgan fingerprint density at radius 1 is 1.21 bits per heavy atom. The van der Waals surface area contributed by atoms with Gasteiger partial charge in [0.25, 0.3) is 5.91 Å². The third-order valence-corrected chi connectivity index (χ3v) is 5.00. The van der Waals surface area contributed by atoms with Crippen LogP contribution in [0, 0.1) is 0 Å². The molecule has 1 fully saturated rings. The summed E-state index contributed by atoms with van der Waals surface area (Å²) in [5.74, 6) is 0.0200. The highest BCUT2D eigenvalue weighted by atomic mass is 16.5. The predicted molar refractivity (Wildman–Crippen MR) is 105 cm³/mol. The maximum absolute atomic E-state index is 12.8. The first-order valence-electron chi connectivity index (χ1n) is 9.34. The number of amides is 2. The summed E-state index contributed by atoms with van der Waals surface area (Å²) >= 11 is 0. The second-order valence-corrected chi connectivity index (χ2v) is 6.97. The second kappa shape index (κ2) is 7.72. The van der Waals surface area contributed by atoms with Crippen LogP contribution in [-0.4, -0.2) is 45.5 Å². The van der Waals surface area contributed by atoms with Crippen LogP contribution in [0.3, 0.4) is 0 Å². The molecular formula is C21H22N4O3. The van der Waals surface area contributed by atoms with Crippen LogP contribution in [0.15, 0.2) is 54.9 Å². The smallest absolute Gasteiger partial charge is 0.267 e. The molecule has 3 heterocycles. The molecule has 7 nitrogen and oxygen atoms in total. The van der Waals surface area contributed by atoms with Crippen molar-refractivity contribution in [2.75, 3.05) is 13.1 Å². The summed E-state index contributed by atoms with van der Waals surface area (Å²) in [4.78, 5) is 29.9. The molecule has 0 spiro atoms. The molecule has 1 unspecified atom stereocenters. The molecule has 0 aliphatic carbocycles. The van der Waals surface area contributed by atoms with E-state index in [0.29, 0.717) is 18.8 Å². The van der Waals surface area contributed by atoms with Gasteiger partial charge in [-0.05, 0) is 36.4 Å². The lowest BCUT2D eigenvalue weighted by Gasteiger charge is -2.33. The number of nitrogens with two attached hydrogens (primary N) is 1. The van der Waals surface area contributed by atoms with Crippen LogP contribution in [0.5, 0.6) is 5.75 Å². The monoisotopic (exact) mass is 378 g/mol. The Morgan fingerprint density at radius 3 is 2.93 bits per heavy atom. The molecule has 28 heavy (non-hydrogen) atoms. The molecule has 1 aliphatic rings. The molecule has 2 N–H and O–H groups in total. The minimum absolute atomic E-state index is 0.0715. The lowest BCUT2D eigenvalue weighted by atomic mass is 10.1. The van der Waals surface area contributed by atoms with Crippen LogP contribution in [0.2, 0.25) is 0 Å². The Balaban J connectivity index is 1.41. The van der Waals surface area contributed by atoms with E-state index in [4.69, 9.17) is 10.5 Å². The Morgan fingerprint density at radius 2 is 2.07 bits per heavy atom. The van der Waals surface area contributed by atoms with Gasteiger partial charge >= 0.3 is 0 Å². The molecule has 144 valence electrons. The van der Waals surface area contributed by atoms with E-state index in [1.807, 2.05) is 46.0 Å². The van der Waals surface area contributed by atoms with Crippen molar-refractivity contribution in [1.29, 1.82) is 0 Å². The van der Waals surface area contributed by atoms with Crippen LogP contribution >= 0.6 is 0 Å². The van der Waals surface area contributed by atoms with E-state index in [0.717, 1.165) is 30.3 Å². The summed E-state index contributed by atoms with van der Waals surface area (Å²) in [6, 6.07) is 13.3. The first-order valence-corrected chi connectivity index (χ1v) is 9.34. The number of hydrogen-bond acceptors (Lipinski definition) is 4. The number of benzene rings is 1. The largest absolute Gasteiger partial charge is 0.488 e. The molecule has 0 saturated carbocycles. The van der Waals surface area contributed by atoms with E-state index in [-0.39, 0.29) is 17.7 Å². The molecule has 1 saturated heterocycles.